The Hall–Kier alpha value is -1.27. The zero-order chi connectivity index (χ0) is 50.3. The van der Waals surface area contributed by atoms with Crippen LogP contribution in [0, 0.1) is 0 Å². The number of nitrogens with one attached hydrogen (secondary N) is 1. The Balaban J connectivity index is 1.73. The van der Waals surface area contributed by atoms with E-state index in [1.54, 1.807) is 0 Å². The van der Waals surface area contributed by atoms with Gasteiger partial charge < -0.3 is 65.1 Å². The summed E-state index contributed by atoms with van der Waals surface area (Å²) in [6.07, 6.45) is 29.3. The summed E-state index contributed by atoms with van der Waals surface area (Å²) >= 11 is 0. The second-order valence-electron chi connectivity index (χ2n) is 20.4. The number of ether oxygens (including phenoxy) is 4. The fraction of sp³-hybridized carbons (Fsp3) is 0.945. The molecule has 2 fully saturated rings. The molecule has 0 radical (unpaired) electrons. The lowest BCUT2D eigenvalue weighted by atomic mass is 9.97. The van der Waals surface area contributed by atoms with Crippen molar-refractivity contribution in [3.05, 3.63) is 12.2 Å². The molecule has 0 aromatic rings. The first kappa shape index (κ1) is 63.8. The average molecular weight is 988 g/mol. The van der Waals surface area contributed by atoms with Crippen LogP contribution >= 0.6 is 0 Å². The molecule has 9 N–H and O–H groups in total. The van der Waals surface area contributed by atoms with Gasteiger partial charge in [-0.25, -0.2) is 0 Å². The standard InChI is InChI=1S/C55H105NO13/c1-3-5-7-9-11-13-15-17-18-19-20-21-22-23-24-25-26-27-29-31-33-35-37-39-47(60)56-43(44(59)38-36-34-32-30-28-16-14-12-10-8-6-4-2)42-66-54-52(65)50(63)53(46(41-58)68-54)69-55-51(64)49(62)48(61)45(40-57)67-55/h19-20,43-46,48-55,57-59,61-65H,3-18,21-42H2,1-2H3,(H,56,60)/b20-19-. The third kappa shape index (κ3) is 28.7. The van der Waals surface area contributed by atoms with E-state index in [2.05, 4.69) is 31.3 Å². The first-order valence-electron chi connectivity index (χ1n) is 28.4. The van der Waals surface area contributed by atoms with E-state index in [0.29, 0.717) is 12.8 Å². The zero-order valence-corrected chi connectivity index (χ0v) is 43.6. The molecule has 2 rings (SSSR count). The number of aliphatic hydroxyl groups is 8. The number of unbranched alkanes of at least 4 members (excludes halogenated alkanes) is 30. The normalized spacial score (nSPS) is 26.2. The minimum atomic E-state index is -1.78. The van der Waals surface area contributed by atoms with E-state index in [1.165, 1.54) is 161 Å². The quantitative estimate of drug-likeness (QED) is 0.0206. The number of carbonyl (C=O) groups is 1. The molecule has 1 amide bonds. The number of rotatable bonds is 45. The molecule has 408 valence electrons. The number of hydrogen-bond donors (Lipinski definition) is 9. The van der Waals surface area contributed by atoms with Crippen LogP contribution in [0.3, 0.4) is 0 Å². The van der Waals surface area contributed by atoms with Crippen LogP contribution < -0.4 is 5.32 Å². The predicted molar refractivity (Wildman–Crippen MR) is 272 cm³/mol. The monoisotopic (exact) mass is 988 g/mol. The number of amides is 1. The van der Waals surface area contributed by atoms with Crippen LogP contribution in [0.5, 0.6) is 0 Å². The van der Waals surface area contributed by atoms with Crippen molar-refractivity contribution in [2.45, 2.75) is 312 Å². The fourth-order valence-electron chi connectivity index (χ4n) is 9.59. The van der Waals surface area contributed by atoms with Gasteiger partial charge in [0.2, 0.25) is 5.91 Å². The highest BCUT2D eigenvalue weighted by atomic mass is 16.7. The maximum Gasteiger partial charge on any atom is 0.220 e. The maximum absolute atomic E-state index is 13.2. The number of aliphatic hydroxyl groups excluding tert-OH is 8. The van der Waals surface area contributed by atoms with E-state index in [1.807, 2.05) is 0 Å². The summed E-state index contributed by atoms with van der Waals surface area (Å²) in [6, 6.07) is -0.824. The van der Waals surface area contributed by atoms with E-state index in [4.69, 9.17) is 18.9 Å². The minimum absolute atomic E-state index is 0.206. The highest BCUT2D eigenvalue weighted by Gasteiger charge is 2.51. The predicted octanol–water partition coefficient (Wildman–Crippen LogP) is 8.72. The molecule has 2 aliphatic heterocycles. The maximum atomic E-state index is 13.2. The lowest BCUT2D eigenvalue weighted by molar-refractivity contribution is -0.359. The van der Waals surface area contributed by atoms with Crippen molar-refractivity contribution in [2.75, 3.05) is 19.8 Å². The van der Waals surface area contributed by atoms with Gasteiger partial charge in [0.1, 0.15) is 48.8 Å². The van der Waals surface area contributed by atoms with E-state index < -0.39 is 86.8 Å². The molecule has 2 aliphatic rings. The van der Waals surface area contributed by atoms with Gasteiger partial charge in [0.25, 0.3) is 0 Å². The Bertz CT molecular complexity index is 1210. The van der Waals surface area contributed by atoms with Crippen LogP contribution in [-0.4, -0.2) is 140 Å². The number of carbonyl (C=O) groups excluding carboxylic acids is 1. The van der Waals surface area contributed by atoms with E-state index in [9.17, 15) is 45.6 Å². The van der Waals surface area contributed by atoms with Gasteiger partial charge in [-0.2, -0.15) is 0 Å². The van der Waals surface area contributed by atoms with Gasteiger partial charge >= 0.3 is 0 Å². The summed E-state index contributed by atoms with van der Waals surface area (Å²) in [5.74, 6) is -0.206. The second kappa shape index (κ2) is 42.1. The van der Waals surface area contributed by atoms with Crippen LogP contribution in [0.2, 0.25) is 0 Å². The summed E-state index contributed by atoms with van der Waals surface area (Å²) in [5.41, 5.74) is 0. The Kier molecular flexibility index (Phi) is 39.0. The van der Waals surface area contributed by atoms with Crippen molar-refractivity contribution in [3.63, 3.8) is 0 Å². The van der Waals surface area contributed by atoms with E-state index in [0.717, 1.165) is 51.4 Å². The smallest absolute Gasteiger partial charge is 0.220 e. The lowest BCUT2D eigenvalue weighted by Gasteiger charge is -2.46. The minimum Gasteiger partial charge on any atom is -0.394 e. The molecule has 2 saturated heterocycles. The van der Waals surface area contributed by atoms with Gasteiger partial charge in [-0.1, -0.05) is 206 Å². The van der Waals surface area contributed by atoms with Crippen molar-refractivity contribution < 1.29 is 64.6 Å². The first-order valence-corrected chi connectivity index (χ1v) is 28.4. The van der Waals surface area contributed by atoms with Gasteiger partial charge in [0.05, 0.1) is 32.0 Å². The highest BCUT2D eigenvalue weighted by Crippen LogP contribution is 2.30. The second-order valence-corrected chi connectivity index (χ2v) is 20.4. The van der Waals surface area contributed by atoms with Gasteiger partial charge in [0, 0.05) is 6.42 Å². The number of hydrogen-bond acceptors (Lipinski definition) is 13. The average Bonchev–Trinajstić information content (AvgIpc) is 3.35. The summed E-state index contributed by atoms with van der Waals surface area (Å²) in [5, 5.41) is 87.0. The van der Waals surface area contributed by atoms with Crippen molar-refractivity contribution in [1.82, 2.24) is 5.32 Å². The van der Waals surface area contributed by atoms with Crippen LogP contribution in [0.15, 0.2) is 12.2 Å². The Labute approximate surface area is 418 Å². The summed E-state index contributed by atoms with van der Waals surface area (Å²) < 4.78 is 22.8. The van der Waals surface area contributed by atoms with E-state index in [-0.39, 0.29) is 12.5 Å². The summed E-state index contributed by atoms with van der Waals surface area (Å²) in [6.45, 7) is 2.86. The van der Waals surface area contributed by atoms with Crippen molar-refractivity contribution in [2.24, 2.45) is 0 Å². The fourth-order valence-corrected chi connectivity index (χ4v) is 9.59. The Morgan fingerprint density at radius 3 is 1.38 bits per heavy atom. The third-order valence-electron chi connectivity index (χ3n) is 14.2. The Morgan fingerprint density at radius 2 is 0.913 bits per heavy atom. The van der Waals surface area contributed by atoms with Crippen molar-refractivity contribution in [1.29, 1.82) is 0 Å². The number of allylic oxidation sites excluding steroid dienone is 2. The van der Waals surface area contributed by atoms with Crippen molar-refractivity contribution in [3.8, 4) is 0 Å². The SMILES string of the molecule is CCCCCCCCCC/C=C\CCCCCCCCCCCCCC(=O)NC(COC1OC(CO)C(OC2OC(CO)C(O)C(O)C2O)C(O)C1O)C(O)CCCCCCCCCCCCCC. The first-order chi connectivity index (χ1) is 33.6. The van der Waals surface area contributed by atoms with Crippen LogP contribution in [0.25, 0.3) is 0 Å². The van der Waals surface area contributed by atoms with Crippen LogP contribution in [0.1, 0.15) is 239 Å². The summed E-state index contributed by atoms with van der Waals surface area (Å²) in [7, 11) is 0. The molecule has 0 aromatic heterocycles. The Morgan fingerprint density at radius 1 is 0.507 bits per heavy atom. The zero-order valence-electron chi connectivity index (χ0n) is 43.6. The largest absolute Gasteiger partial charge is 0.394 e. The molecule has 0 aromatic carbocycles. The van der Waals surface area contributed by atoms with Crippen molar-refractivity contribution >= 4 is 5.91 Å². The molecule has 2 heterocycles. The molecule has 14 heteroatoms. The topological polar surface area (TPSA) is 228 Å². The highest BCUT2D eigenvalue weighted by molar-refractivity contribution is 5.76. The molecule has 0 bridgehead atoms. The third-order valence-corrected chi connectivity index (χ3v) is 14.2. The molecular weight excluding hydrogens is 883 g/mol. The molecule has 69 heavy (non-hydrogen) atoms. The van der Waals surface area contributed by atoms with Gasteiger partial charge in [0.15, 0.2) is 12.6 Å². The van der Waals surface area contributed by atoms with Gasteiger partial charge in [-0.3, -0.25) is 4.79 Å². The van der Waals surface area contributed by atoms with Crippen LogP contribution in [0.4, 0.5) is 0 Å². The van der Waals surface area contributed by atoms with E-state index >= 15 is 0 Å². The summed E-state index contributed by atoms with van der Waals surface area (Å²) in [4.78, 5) is 13.2. The van der Waals surface area contributed by atoms with Gasteiger partial charge in [-0.05, 0) is 38.5 Å². The molecule has 12 atom stereocenters. The molecule has 12 unspecified atom stereocenters. The molecule has 0 saturated carbocycles. The molecule has 0 spiro atoms. The van der Waals surface area contributed by atoms with Crippen LogP contribution in [-0.2, 0) is 23.7 Å². The van der Waals surface area contributed by atoms with Gasteiger partial charge in [-0.15, -0.1) is 0 Å². The molecule has 14 nitrogen and oxygen atoms in total. The lowest BCUT2D eigenvalue weighted by Crippen LogP contribution is -2.65. The molecule has 0 aliphatic carbocycles. The molecular formula is C55H105NO13.